The largest absolute Gasteiger partial charge is 0.286 e. The second-order valence-electron chi connectivity index (χ2n) is 2.96. The topological polar surface area (TPSA) is 40.5 Å². The molecule has 0 heterocycles. The molecule has 0 radical (unpaired) electrons. The molecule has 14 heavy (non-hydrogen) atoms. The van der Waals surface area contributed by atoms with Gasteiger partial charge in [-0.25, -0.2) is 5.06 Å². The summed E-state index contributed by atoms with van der Waals surface area (Å²) in [6.07, 6.45) is 0. The van der Waals surface area contributed by atoms with Crippen LogP contribution >= 0.6 is 15.9 Å². The van der Waals surface area contributed by atoms with E-state index in [1.54, 1.807) is 19.1 Å². The van der Waals surface area contributed by atoms with Gasteiger partial charge in [-0.1, -0.05) is 12.1 Å². The Morgan fingerprint density at radius 2 is 2.21 bits per heavy atom. The van der Waals surface area contributed by atoms with Crippen molar-refractivity contribution in [2.75, 3.05) is 6.54 Å². The van der Waals surface area contributed by atoms with Gasteiger partial charge in [0.25, 0.3) is 5.91 Å². The summed E-state index contributed by atoms with van der Waals surface area (Å²) in [7, 11) is 0. The van der Waals surface area contributed by atoms with E-state index < -0.39 is 0 Å². The van der Waals surface area contributed by atoms with Crippen molar-refractivity contribution in [3.8, 4) is 0 Å². The summed E-state index contributed by atoms with van der Waals surface area (Å²) in [4.78, 5) is 11.6. The first-order valence-electron chi connectivity index (χ1n) is 4.33. The molecule has 0 bridgehead atoms. The molecule has 0 aromatic heterocycles. The van der Waals surface area contributed by atoms with Crippen LogP contribution in [0.1, 0.15) is 22.8 Å². The molecule has 0 spiro atoms. The molecule has 1 aromatic rings. The van der Waals surface area contributed by atoms with Crippen molar-refractivity contribution in [2.24, 2.45) is 0 Å². The molecule has 0 unspecified atom stereocenters. The Balaban J connectivity index is 3.07. The van der Waals surface area contributed by atoms with E-state index in [1.807, 2.05) is 13.0 Å². The number of halogens is 1. The fourth-order valence-electron chi connectivity index (χ4n) is 1.10. The molecule has 0 aliphatic rings. The maximum Gasteiger partial charge on any atom is 0.278 e. The molecule has 1 amide bonds. The zero-order valence-electron chi connectivity index (χ0n) is 8.12. The number of hydroxylamine groups is 2. The van der Waals surface area contributed by atoms with Crippen molar-refractivity contribution in [3.63, 3.8) is 0 Å². The Labute approximate surface area is 91.4 Å². The third kappa shape index (κ3) is 2.13. The van der Waals surface area contributed by atoms with Gasteiger partial charge in [0.2, 0.25) is 0 Å². The van der Waals surface area contributed by atoms with E-state index in [4.69, 9.17) is 0 Å². The van der Waals surface area contributed by atoms with E-state index in [0.29, 0.717) is 10.6 Å². The molecule has 76 valence electrons. The van der Waals surface area contributed by atoms with E-state index in [0.717, 1.165) is 10.0 Å². The predicted molar refractivity (Wildman–Crippen MR) is 57.4 cm³/mol. The highest BCUT2D eigenvalue weighted by Gasteiger charge is 2.15. The van der Waals surface area contributed by atoms with E-state index in [1.165, 1.54) is 0 Å². The van der Waals surface area contributed by atoms with Gasteiger partial charge < -0.3 is 0 Å². The maximum atomic E-state index is 11.6. The number of nitrogens with zero attached hydrogens (tertiary/aromatic N) is 1. The predicted octanol–water partition coefficient (Wildman–Crippen LogP) is 2.61. The first-order chi connectivity index (χ1) is 6.57. The summed E-state index contributed by atoms with van der Waals surface area (Å²) in [5, 5.41) is 9.95. The monoisotopic (exact) mass is 257 g/mol. The van der Waals surface area contributed by atoms with Gasteiger partial charge >= 0.3 is 0 Å². The second kappa shape index (κ2) is 4.57. The average molecular weight is 258 g/mol. The lowest BCUT2D eigenvalue weighted by molar-refractivity contribution is -0.0542. The number of aryl methyl sites for hydroxylation is 1. The first-order valence-corrected chi connectivity index (χ1v) is 5.13. The summed E-state index contributed by atoms with van der Waals surface area (Å²) in [6, 6.07) is 5.36. The Kier molecular flexibility index (Phi) is 3.66. The van der Waals surface area contributed by atoms with Gasteiger partial charge in [0, 0.05) is 11.0 Å². The molecule has 0 aliphatic carbocycles. The molecule has 1 rings (SSSR count). The highest BCUT2D eigenvalue weighted by molar-refractivity contribution is 9.10. The number of amides is 1. The van der Waals surface area contributed by atoms with E-state index >= 15 is 0 Å². The maximum absolute atomic E-state index is 11.6. The normalized spacial score (nSPS) is 10.0. The Morgan fingerprint density at radius 3 is 2.79 bits per heavy atom. The van der Waals surface area contributed by atoms with Gasteiger partial charge in [-0.3, -0.25) is 10.0 Å². The third-order valence-electron chi connectivity index (χ3n) is 1.96. The minimum absolute atomic E-state index is 0.277. The fraction of sp³-hybridized carbons (Fsp3) is 0.300. The SMILES string of the molecule is CCN(O)C(=O)c1cccc(C)c1Br. The van der Waals surface area contributed by atoms with Gasteiger partial charge in [-0.2, -0.15) is 0 Å². The zero-order chi connectivity index (χ0) is 10.7. The minimum atomic E-state index is -0.386. The van der Waals surface area contributed by atoms with Crippen molar-refractivity contribution in [2.45, 2.75) is 13.8 Å². The number of hydrogen-bond acceptors (Lipinski definition) is 2. The fourth-order valence-corrected chi connectivity index (χ4v) is 1.53. The van der Waals surface area contributed by atoms with Crippen LogP contribution in [0.15, 0.2) is 22.7 Å². The lowest BCUT2D eigenvalue weighted by atomic mass is 10.1. The van der Waals surface area contributed by atoms with Crippen molar-refractivity contribution in [3.05, 3.63) is 33.8 Å². The van der Waals surface area contributed by atoms with Crippen LogP contribution in [0.4, 0.5) is 0 Å². The quantitative estimate of drug-likeness (QED) is 0.654. The van der Waals surface area contributed by atoms with E-state index in [9.17, 15) is 10.0 Å². The highest BCUT2D eigenvalue weighted by Crippen LogP contribution is 2.21. The summed E-state index contributed by atoms with van der Waals surface area (Å²) < 4.78 is 0.734. The standard InChI is InChI=1S/C10H12BrNO2/c1-3-12(14)10(13)8-6-4-5-7(2)9(8)11/h4-6,14H,3H2,1-2H3. The summed E-state index contributed by atoms with van der Waals surface area (Å²) in [5.41, 5.74) is 1.45. The van der Waals surface area contributed by atoms with Gasteiger partial charge in [0.15, 0.2) is 0 Å². The lowest BCUT2D eigenvalue weighted by Gasteiger charge is -2.13. The Morgan fingerprint density at radius 1 is 1.57 bits per heavy atom. The molecule has 0 saturated heterocycles. The molecular weight excluding hydrogens is 246 g/mol. The van der Waals surface area contributed by atoms with Gasteiger partial charge in [0.1, 0.15) is 0 Å². The smallest absolute Gasteiger partial charge is 0.278 e. The third-order valence-corrected chi connectivity index (χ3v) is 3.01. The summed E-state index contributed by atoms with van der Waals surface area (Å²) in [6.45, 7) is 3.88. The highest BCUT2D eigenvalue weighted by atomic mass is 79.9. The van der Waals surface area contributed by atoms with E-state index in [2.05, 4.69) is 15.9 Å². The molecule has 1 aromatic carbocycles. The molecule has 1 N–H and O–H groups in total. The van der Waals surface area contributed by atoms with E-state index in [-0.39, 0.29) is 12.5 Å². The van der Waals surface area contributed by atoms with Gasteiger partial charge in [0.05, 0.1) is 5.56 Å². The molecule has 0 saturated carbocycles. The number of carbonyl (C=O) groups excluding carboxylic acids is 1. The molecule has 0 fully saturated rings. The van der Waals surface area contributed by atoms with Crippen LogP contribution in [0.25, 0.3) is 0 Å². The molecule has 3 nitrogen and oxygen atoms in total. The van der Waals surface area contributed by atoms with Crippen molar-refractivity contribution < 1.29 is 10.0 Å². The van der Waals surface area contributed by atoms with Crippen LogP contribution in [-0.2, 0) is 0 Å². The zero-order valence-corrected chi connectivity index (χ0v) is 9.71. The minimum Gasteiger partial charge on any atom is -0.286 e. The Hall–Kier alpha value is -0.870. The van der Waals surface area contributed by atoms with Crippen molar-refractivity contribution in [1.82, 2.24) is 5.06 Å². The van der Waals surface area contributed by atoms with Gasteiger partial charge in [-0.15, -0.1) is 0 Å². The number of carbonyl (C=O) groups is 1. The number of hydrogen-bond donors (Lipinski definition) is 1. The van der Waals surface area contributed by atoms with Crippen LogP contribution in [0.3, 0.4) is 0 Å². The average Bonchev–Trinajstić information content (AvgIpc) is 2.20. The molecule has 0 aliphatic heterocycles. The van der Waals surface area contributed by atoms with Crippen LogP contribution in [0.5, 0.6) is 0 Å². The van der Waals surface area contributed by atoms with Crippen LogP contribution in [0, 0.1) is 6.92 Å². The summed E-state index contributed by atoms with van der Waals surface area (Å²) >= 11 is 3.32. The van der Waals surface area contributed by atoms with Crippen LogP contribution in [-0.4, -0.2) is 22.7 Å². The van der Waals surface area contributed by atoms with Crippen LogP contribution < -0.4 is 0 Å². The van der Waals surface area contributed by atoms with Crippen LogP contribution in [0.2, 0.25) is 0 Å². The van der Waals surface area contributed by atoms with Crippen molar-refractivity contribution >= 4 is 21.8 Å². The Bertz CT molecular complexity index is 352. The second-order valence-corrected chi connectivity index (χ2v) is 3.75. The van der Waals surface area contributed by atoms with Crippen molar-refractivity contribution in [1.29, 1.82) is 0 Å². The molecule has 4 heteroatoms. The lowest BCUT2D eigenvalue weighted by Crippen LogP contribution is -2.27. The molecular formula is C10H12BrNO2. The first kappa shape index (κ1) is 11.2. The molecule has 0 atom stereocenters. The summed E-state index contributed by atoms with van der Waals surface area (Å²) in [5.74, 6) is -0.386. The number of benzene rings is 1. The van der Waals surface area contributed by atoms with Gasteiger partial charge in [-0.05, 0) is 41.4 Å². The number of rotatable bonds is 2.